The maximum atomic E-state index is 3.54. The average molecular weight is 323 g/mol. The molecule has 0 radical (unpaired) electrons. The van der Waals surface area contributed by atoms with Crippen LogP contribution in [0.1, 0.15) is 46.0 Å². The summed E-state index contributed by atoms with van der Waals surface area (Å²) in [5, 5.41) is 3.54. The summed E-state index contributed by atoms with van der Waals surface area (Å²) in [6.07, 6.45) is 7.13. The molecule has 1 rings (SSSR count). The van der Waals surface area contributed by atoms with Crippen LogP contribution in [0, 0.1) is 17.8 Å². The number of alkyl halides is 1. The fourth-order valence-electron chi connectivity index (χ4n) is 3.18. The highest BCUT2D eigenvalue weighted by atomic mass is 127. The maximum absolute atomic E-state index is 3.54. The third-order valence-electron chi connectivity index (χ3n) is 3.80. The van der Waals surface area contributed by atoms with Crippen LogP contribution in [0.5, 0.6) is 0 Å². The van der Waals surface area contributed by atoms with Crippen molar-refractivity contribution < 1.29 is 0 Å². The number of halogens is 1. The average Bonchev–Trinajstić information content (AvgIpc) is 2.20. The molecule has 0 aliphatic heterocycles. The third kappa shape index (κ3) is 4.22. The van der Waals surface area contributed by atoms with Crippen molar-refractivity contribution in [1.29, 1.82) is 0 Å². The van der Waals surface area contributed by atoms with Gasteiger partial charge in [-0.3, -0.25) is 0 Å². The Kier molecular flexibility index (Phi) is 6.51. The molecular weight excluding hydrogens is 297 g/mol. The zero-order valence-electron chi connectivity index (χ0n) is 10.4. The lowest BCUT2D eigenvalue weighted by atomic mass is 9.71. The Balaban J connectivity index is 2.56. The molecule has 0 aromatic rings. The number of nitrogens with one attached hydrogen (secondary N) is 1. The van der Waals surface area contributed by atoms with Gasteiger partial charge >= 0.3 is 0 Å². The minimum Gasteiger partial charge on any atom is -0.317 e. The second-order valence-electron chi connectivity index (χ2n) is 5.36. The second kappa shape index (κ2) is 7.10. The normalized spacial score (nSPS) is 32.2. The van der Waals surface area contributed by atoms with Crippen molar-refractivity contribution >= 4 is 22.6 Å². The van der Waals surface area contributed by atoms with Crippen LogP contribution in [-0.2, 0) is 0 Å². The summed E-state index contributed by atoms with van der Waals surface area (Å²) in [4.78, 5) is 0. The quantitative estimate of drug-likeness (QED) is 0.598. The van der Waals surface area contributed by atoms with Crippen LogP contribution in [0.4, 0.5) is 0 Å². The van der Waals surface area contributed by atoms with Crippen molar-refractivity contribution in [2.45, 2.75) is 52.0 Å². The fourth-order valence-corrected chi connectivity index (χ4v) is 3.90. The van der Waals surface area contributed by atoms with Crippen molar-refractivity contribution in [1.82, 2.24) is 5.32 Å². The SMILES string of the molecule is CNC1CCCC(CC(C)C)C1CCI. The highest BCUT2D eigenvalue weighted by Crippen LogP contribution is 2.36. The lowest BCUT2D eigenvalue weighted by Gasteiger charge is -2.39. The van der Waals surface area contributed by atoms with Gasteiger partial charge in [0.1, 0.15) is 0 Å². The van der Waals surface area contributed by atoms with Crippen LogP contribution in [0.3, 0.4) is 0 Å². The molecule has 2 heteroatoms. The molecule has 15 heavy (non-hydrogen) atoms. The fraction of sp³-hybridized carbons (Fsp3) is 1.00. The van der Waals surface area contributed by atoms with Gasteiger partial charge in [0.15, 0.2) is 0 Å². The van der Waals surface area contributed by atoms with E-state index in [1.165, 1.54) is 36.5 Å². The van der Waals surface area contributed by atoms with Gasteiger partial charge in [0.25, 0.3) is 0 Å². The molecule has 1 saturated carbocycles. The van der Waals surface area contributed by atoms with Crippen LogP contribution >= 0.6 is 22.6 Å². The molecule has 90 valence electrons. The van der Waals surface area contributed by atoms with E-state index >= 15 is 0 Å². The first-order valence-corrected chi connectivity index (χ1v) is 7.94. The molecule has 1 N–H and O–H groups in total. The van der Waals surface area contributed by atoms with E-state index < -0.39 is 0 Å². The molecule has 0 aromatic heterocycles. The zero-order valence-corrected chi connectivity index (χ0v) is 12.6. The Morgan fingerprint density at radius 3 is 2.60 bits per heavy atom. The molecule has 3 unspecified atom stereocenters. The number of hydrogen-bond donors (Lipinski definition) is 1. The monoisotopic (exact) mass is 323 g/mol. The molecule has 1 fully saturated rings. The molecule has 0 bridgehead atoms. The largest absolute Gasteiger partial charge is 0.317 e. The van der Waals surface area contributed by atoms with Gasteiger partial charge < -0.3 is 5.32 Å². The molecule has 0 heterocycles. The first-order chi connectivity index (χ1) is 7.19. The first-order valence-electron chi connectivity index (χ1n) is 6.42. The third-order valence-corrected chi connectivity index (χ3v) is 4.42. The predicted octanol–water partition coefficient (Wildman–Crippen LogP) is 3.86. The van der Waals surface area contributed by atoms with Crippen molar-refractivity contribution in [2.24, 2.45) is 17.8 Å². The predicted molar refractivity (Wildman–Crippen MR) is 76.6 cm³/mol. The molecular formula is C13H26IN. The standard InChI is InChI=1S/C13H26IN/c1-10(2)9-11-5-4-6-13(15-3)12(11)7-8-14/h10-13,15H,4-9H2,1-3H3. The zero-order chi connectivity index (χ0) is 11.3. The number of hydrogen-bond acceptors (Lipinski definition) is 1. The topological polar surface area (TPSA) is 12.0 Å². The van der Waals surface area contributed by atoms with Gasteiger partial charge in [-0.1, -0.05) is 49.3 Å². The summed E-state index contributed by atoms with van der Waals surface area (Å²) < 4.78 is 1.31. The summed E-state index contributed by atoms with van der Waals surface area (Å²) in [7, 11) is 2.14. The molecule has 3 atom stereocenters. The van der Waals surface area contributed by atoms with E-state index in [9.17, 15) is 0 Å². The first kappa shape index (κ1) is 13.8. The van der Waals surface area contributed by atoms with E-state index in [0.29, 0.717) is 0 Å². The van der Waals surface area contributed by atoms with Crippen molar-refractivity contribution in [3.8, 4) is 0 Å². The molecule has 0 aromatic carbocycles. The summed E-state index contributed by atoms with van der Waals surface area (Å²) >= 11 is 2.53. The van der Waals surface area contributed by atoms with Crippen LogP contribution in [0.25, 0.3) is 0 Å². The Morgan fingerprint density at radius 1 is 1.33 bits per heavy atom. The smallest absolute Gasteiger partial charge is 0.00952 e. The summed E-state index contributed by atoms with van der Waals surface area (Å²) in [5.74, 6) is 2.77. The van der Waals surface area contributed by atoms with E-state index in [4.69, 9.17) is 0 Å². The summed E-state index contributed by atoms with van der Waals surface area (Å²) in [6.45, 7) is 4.73. The minimum atomic E-state index is 0.789. The molecule has 0 amide bonds. The van der Waals surface area contributed by atoms with E-state index in [2.05, 4.69) is 48.8 Å². The molecule has 0 saturated heterocycles. The molecule has 1 nitrogen and oxygen atoms in total. The molecule has 0 spiro atoms. The molecule has 1 aliphatic rings. The van der Waals surface area contributed by atoms with E-state index in [-0.39, 0.29) is 0 Å². The van der Waals surface area contributed by atoms with Gasteiger partial charge in [-0.25, -0.2) is 0 Å². The summed E-state index contributed by atoms with van der Waals surface area (Å²) in [6, 6.07) is 0.789. The van der Waals surface area contributed by atoms with E-state index in [0.717, 1.165) is 23.8 Å². The van der Waals surface area contributed by atoms with E-state index in [1.54, 1.807) is 0 Å². The van der Waals surface area contributed by atoms with Crippen molar-refractivity contribution in [2.75, 3.05) is 11.5 Å². The van der Waals surface area contributed by atoms with Gasteiger partial charge in [0.05, 0.1) is 0 Å². The number of rotatable bonds is 5. The Bertz CT molecular complexity index is 170. The van der Waals surface area contributed by atoms with Gasteiger partial charge in [0.2, 0.25) is 0 Å². The van der Waals surface area contributed by atoms with Crippen LogP contribution < -0.4 is 5.32 Å². The van der Waals surface area contributed by atoms with Crippen molar-refractivity contribution in [3.63, 3.8) is 0 Å². The highest BCUT2D eigenvalue weighted by Gasteiger charge is 2.31. The Labute approximate surface area is 109 Å². The van der Waals surface area contributed by atoms with Crippen molar-refractivity contribution in [3.05, 3.63) is 0 Å². The summed E-state index contributed by atoms with van der Waals surface area (Å²) in [5.41, 5.74) is 0. The molecule has 1 aliphatic carbocycles. The van der Waals surface area contributed by atoms with Crippen LogP contribution in [0.15, 0.2) is 0 Å². The van der Waals surface area contributed by atoms with Gasteiger partial charge in [-0.15, -0.1) is 0 Å². The minimum absolute atomic E-state index is 0.789. The lowest BCUT2D eigenvalue weighted by molar-refractivity contribution is 0.157. The highest BCUT2D eigenvalue weighted by molar-refractivity contribution is 14.1. The van der Waals surface area contributed by atoms with Gasteiger partial charge in [0, 0.05) is 6.04 Å². The van der Waals surface area contributed by atoms with E-state index in [1.807, 2.05) is 0 Å². The Hall–Kier alpha value is 0.690. The van der Waals surface area contributed by atoms with Crippen LogP contribution in [0.2, 0.25) is 0 Å². The van der Waals surface area contributed by atoms with Crippen LogP contribution in [-0.4, -0.2) is 17.5 Å². The van der Waals surface area contributed by atoms with Gasteiger partial charge in [-0.2, -0.15) is 0 Å². The lowest BCUT2D eigenvalue weighted by Crippen LogP contribution is -2.41. The Morgan fingerprint density at radius 2 is 2.07 bits per heavy atom. The second-order valence-corrected chi connectivity index (χ2v) is 6.44. The maximum Gasteiger partial charge on any atom is 0.00952 e. The van der Waals surface area contributed by atoms with Gasteiger partial charge in [-0.05, 0) is 48.5 Å².